The maximum atomic E-state index is 13.3. The molecule has 13 heteroatoms. The van der Waals surface area contributed by atoms with E-state index in [4.69, 9.17) is 17.0 Å². The molecular weight excluding hydrogens is 492 g/mol. The average Bonchev–Trinajstić information content (AvgIpc) is 2.59. The molecule has 1 radical (unpaired) electrons. The second-order valence-corrected chi connectivity index (χ2v) is 5.64. The fourth-order valence-electron chi connectivity index (χ4n) is 2.11. The van der Waals surface area contributed by atoms with Gasteiger partial charge in [-0.2, -0.15) is 25.3 Å². The summed E-state index contributed by atoms with van der Waals surface area (Å²) in [5.41, 5.74) is -1.84. The smallest absolute Gasteiger partial charge is 0.431 e. The predicted octanol–water partition coefficient (Wildman–Crippen LogP) is 3.35. The van der Waals surface area contributed by atoms with Crippen molar-refractivity contribution in [1.82, 2.24) is 4.90 Å². The zero-order valence-corrected chi connectivity index (χ0v) is 19.6. The van der Waals surface area contributed by atoms with Gasteiger partial charge in [0.1, 0.15) is 5.70 Å². The number of nitrogens with zero attached hydrogens (tertiary/aromatic N) is 2. The number of esters is 1. The number of rotatable bonds is 6. The van der Waals surface area contributed by atoms with Crippen LogP contribution in [0.25, 0.3) is 0 Å². The van der Waals surface area contributed by atoms with Crippen molar-refractivity contribution in [2.45, 2.75) is 20.0 Å². The van der Waals surface area contributed by atoms with Crippen molar-refractivity contribution < 1.29 is 65.1 Å². The van der Waals surface area contributed by atoms with Gasteiger partial charge in [0.25, 0.3) is 0 Å². The summed E-state index contributed by atoms with van der Waals surface area (Å²) in [6.07, 6.45) is -4.70. The zero-order valence-electron chi connectivity index (χ0n) is 15.9. The van der Waals surface area contributed by atoms with Gasteiger partial charge in [-0.3, -0.25) is 10.1 Å². The molecule has 157 valence electrons. The number of halogens is 3. The van der Waals surface area contributed by atoms with E-state index in [1.54, 1.807) is 6.92 Å². The summed E-state index contributed by atoms with van der Waals surface area (Å²) in [6.45, 7) is 2.87. The Morgan fingerprint density at radius 2 is 2.07 bits per heavy atom. The predicted molar refractivity (Wildman–Crippen MR) is 98.0 cm³/mol. The number of nitrogens with one attached hydrogen (secondary N) is 1. The number of hydrogen-bond acceptors (Lipinski definition) is 6. The van der Waals surface area contributed by atoms with Crippen molar-refractivity contribution in [3.63, 3.8) is 0 Å². The Labute approximate surface area is 195 Å². The van der Waals surface area contributed by atoms with Crippen LogP contribution in [0.15, 0.2) is 17.8 Å². The number of anilines is 1. The quantitative estimate of drug-likeness (QED) is 0.156. The molecule has 1 N–H and O–H groups in total. The largest absolute Gasteiger partial charge is 0.515 e. The van der Waals surface area contributed by atoms with E-state index in [-0.39, 0.29) is 56.8 Å². The van der Waals surface area contributed by atoms with Crippen LogP contribution < -0.4 is 10.1 Å². The van der Waals surface area contributed by atoms with Gasteiger partial charge in [0.15, 0.2) is 5.11 Å². The number of aryl methyl sites for hydroxylation is 1. The molecule has 0 aliphatic carbocycles. The monoisotopic (exact) mass is 509 g/mol. The minimum atomic E-state index is -4.94. The van der Waals surface area contributed by atoms with Crippen LogP contribution in [0.3, 0.4) is 0 Å². The minimum Gasteiger partial charge on any atom is -0.515 e. The average molecular weight is 509 g/mol. The third-order valence-corrected chi connectivity index (χ3v) is 3.74. The first-order valence-corrected chi connectivity index (χ1v) is 8.08. The summed E-state index contributed by atoms with van der Waals surface area (Å²) in [4.78, 5) is 22.5. The van der Waals surface area contributed by atoms with Crippen LogP contribution in [0.1, 0.15) is 12.5 Å². The van der Waals surface area contributed by atoms with Gasteiger partial charge in [-0.05, 0) is 19.1 Å². The van der Waals surface area contributed by atoms with Crippen molar-refractivity contribution in [3.8, 4) is 5.75 Å². The van der Waals surface area contributed by atoms with Gasteiger partial charge in [-0.25, -0.2) is 4.79 Å². The van der Waals surface area contributed by atoms with E-state index in [1.165, 1.54) is 20.1 Å². The van der Waals surface area contributed by atoms with Gasteiger partial charge in [0.05, 0.1) is 25.5 Å². The number of thiocarbonyl (C=S) groups is 1. The molecule has 0 unspecified atom stereocenters. The summed E-state index contributed by atoms with van der Waals surface area (Å²) >= 11 is 4.92. The number of benzene rings is 1. The molecule has 0 aromatic heterocycles. The minimum absolute atomic E-state index is 0. The van der Waals surface area contributed by atoms with Crippen LogP contribution in [0.2, 0.25) is 0 Å². The number of allylic oxidation sites excluding steroid dienone is 1. The summed E-state index contributed by atoms with van der Waals surface area (Å²) < 4.78 is 49.4. The number of nitro benzene ring substituents is 1. The van der Waals surface area contributed by atoms with Gasteiger partial charge < -0.3 is 19.7 Å². The molecule has 0 atom stereocenters. The normalized spacial score (nSPS) is 11.2. The second kappa shape index (κ2) is 11.4. The van der Waals surface area contributed by atoms with E-state index in [9.17, 15) is 28.1 Å². The number of alkyl halides is 3. The first kappa shape index (κ1) is 27.2. The van der Waals surface area contributed by atoms with E-state index in [1.807, 2.05) is 0 Å². The first-order valence-electron chi connectivity index (χ1n) is 7.68. The van der Waals surface area contributed by atoms with Crippen molar-refractivity contribution in [2.24, 2.45) is 0 Å². The molecule has 0 aliphatic heterocycles. The molecule has 1 rings (SSSR count). The van der Waals surface area contributed by atoms with E-state index in [0.29, 0.717) is 10.5 Å². The zero-order chi connectivity index (χ0) is 21.6. The number of hydrogen-bond donors (Lipinski definition) is 1. The van der Waals surface area contributed by atoms with Gasteiger partial charge in [-0.15, -0.1) is 5.56 Å². The summed E-state index contributed by atoms with van der Waals surface area (Å²) in [5, 5.41) is 13.2. The molecule has 0 spiro atoms. The molecule has 0 amide bonds. The fraction of sp³-hybridized carbons (Fsp3) is 0.375. The van der Waals surface area contributed by atoms with E-state index in [2.05, 4.69) is 16.1 Å². The number of carbonyl (C=O) groups is 1. The van der Waals surface area contributed by atoms with Crippen molar-refractivity contribution in [1.29, 1.82) is 0 Å². The Bertz CT molecular complexity index is 818. The SMILES string of the molecule is CCOC(=O)/C=C(\N(C)C(=S)Nc1[c-]cc(C)c(OC)c1[N+](=O)[O-])C(F)(F)F.[Y]. The molecule has 0 fully saturated rings. The summed E-state index contributed by atoms with van der Waals surface area (Å²) in [6, 6.07) is 3.90. The molecule has 0 saturated heterocycles. The van der Waals surface area contributed by atoms with Crippen LogP contribution in [0, 0.1) is 23.1 Å². The molecule has 29 heavy (non-hydrogen) atoms. The third kappa shape index (κ3) is 7.20. The third-order valence-electron chi connectivity index (χ3n) is 3.36. The van der Waals surface area contributed by atoms with Gasteiger partial charge >= 0.3 is 12.1 Å². The Balaban J connectivity index is 0.00000784. The Morgan fingerprint density at radius 1 is 1.48 bits per heavy atom. The molecule has 1 aromatic rings. The van der Waals surface area contributed by atoms with Gasteiger partial charge in [-0.1, -0.05) is 6.92 Å². The molecule has 1 aromatic carbocycles. The Morgan fingerprint density at radius 3 is 2.52 bits per heavy atom. The maximum absolute atomic E-state index is 13.3. The number of ether oxygens (including phenoxy) is 2. The molecule has 8 nitrogen and oxygen atoms in total. The Hall–Kier alpha value is -1.79. The van der Waals surface area contributed by atoms with Crippen molar-refractivity contribution in [3.05, 3.63) is 39.6 Å². The number of methoxy groups -OCH3 is 1. The van der Waals surface area contributed by atoms with Crippen molar-refractivity contribution >= 4 is 34.7 Å². The van der Waals surface area contributed by atoms with Crippen molar-refractivity contribution in [2.75, 3.05) is 26.1 Å². The fourth-order valence-corrected chi connectivity index (χ4v) is 2.31. The first-order chi connectivity index (χ1) is 12.9. The summed E-state index contributed by atoms with van der Waals surface area (Å²) in [5.74, 6) is -1.30. The van der Waals surface area contributed by atoms with E-state index < -0.39 is 33.6 Å². The maximum Gasteiger partial charge on any atom is 0.431 e. The molecule has 0 bridgehead atoms. The number of nitro groups is 1. The molecule has 0 saturated carbocycles. The topological polar surface area (TPSA) is 93.9 Å². The van der Waals surface area contributed by atoms with E-state index in [0.717, 1.165) is 7.05 Å². The second-order valence-electron chi connectivity index (χ2n) is 5.25. The van der Waals surface area contributed by atoms with Crippen LogP contribution in [0.4, 0.5) is 24.5 Å². The van der Waals surface area contributed by atoms with Gasteiger partial charge in [0.2, 0.25) is 5.69 Å². The standard InChI is InChI=1S/C16H17F3N3O5S.Y/c1-5-27-12(23)8-11(16(17,18)19)21(3)15(28)20-10-7-6-9(2)14(26-4)13(10)22(24)25;/h6,8H,5H2,1-4H3,(H,20,28);/q-1;/b11-8-;. The van der Waals surface area contributed by atoms with Crippen LogP contribution in [-0.4, -0.2) is 47.8 Å². The van der Waals surface area contributed by atoms with Crippen LogP contribution in [0.5, 0.6) is 5.75 Å². The Kier molecular flexibility index (Phi) is 10.7. The van der Waals surface area contributed by atoms with Crippen LogP contribution >= 0.6 is 12.2 Å². The van der Waals surface area contributed by atoms with E-state index >= 15 is 0 Å². The molecule has 0 heterocycles. The molecule has 0 aliphatic rings. The van der Waals surface area contributed by atoms with Gasteiger partial charge in [0, 0.05) is 50.4 Å². The molecular formula is C16H17F3N3O5SY-. The number of carbonyl (C=O) groups excluding carboxylic acids is 1. The summed E-state index contributed by atoms with van der Waals surface area (Å²) in [7, 11) is 2.17. The van der Waals surface area contributed by atoms with Crippen LogP contribution in [-0.2, 0) is 42.2 Å².